The van der Waals surface area contributed by atoms with Crippen molar-refractivity contribution in [3.63, 3.8) is 0 Å². The summed E-state index contributed by atoms with van der Waals surface area (Å²) in [4.78, 5) is 14.6. The highest BCUT2D eigenvalue weighted by atomic mass is 16.3. The van der Waals surface area contributed by atoms with Gasteiger partial charge < -0.3 is 9.73 Å². The van der Waals surface area contributed by atoms with Crippen molar-refractivity contribution in [3.05, 3.63) is 36.1 Å². The van der Waals surface area contributed by atoms with Crippen molar-refractivity contribution in [1.29, 1.82) is 0 Å². The molecule has 0 bridgehead atoms. The van der Waals surface area contributed by atoms with E-state index in [9.17, 15) is 4.79 Å². The van der Waals surface area contributed by atoms with Crippen LogP contribution in [0.25, 0.3) is 11.0 Å². The fourth-order valence-electron chi connectivity index (χ4n) is 2.54. The van der Waals surface area contributed by atoms with Gasteiger partial charge in [-0.1, -0.05) is 18.2 Å². The van der Waals surface area contributed by atoms with Gasteiger partial charge in [0.2, 0.25) is 0 Å². The maximum absolute atomic E-state index is 12.4. The molecule has 1 aliphatic rings. The van der Waals surface area contributed by atoms with E-state index in [-0.39, 0.29) is 5.78 Å². The smallest absolute Gasteiger partial charge is 0.180 e. The molecule has 0 radical (unpaired) electrons. The number of hydrogen-bond acceptors (Lipinski definition) is 4. The van der Waals surface area contributed by atoms with Gasteiger partial charge in [-0.05, 0) is 25.6 Å². The SMILES string of the molecule is O=C(CN1CCCNCC1)c1coc2ccccc12. The minimum Gasteiger partial charge on any atom is -0.464 e. The van der Waals surface area contributed by atoms with Crippen LogP contribution in [0, 0.1) is 0 Å². The number of ketones is 1. The van der Waals surface area contributed by atoms with Crippen LogP contribution < -0.4 is 5.32 Å². The van der Waals surface area contributed by atoms with Crippen LogP contribution in [-0.2, 0) is 0 Å². The van der Waals surface area contributed by atoms with E-state index < -0.39 is 0 Å². The van der Waals surface area contributed by atoms with E-state index in [1.165, 1.54) is 0 Å². The third kappa shape index (κ3) is 2.69. The maximum Gasteiger partial charge on any atom is 0.180 e. The van der Waals surface area contributed by atoms with E-state index in [2.05, 4.69) is 10.2 Å². The molecular weight excluding hydrogens is 240 g/mol. The van der Waals surface area contributed by atoms with Crippen LogP contribution in [-0.4, -0.2) is 43.4 Å². The molecule has 0 aliphatic carbocycles. The van der Waals surface area contributed by atoms with Gasteiger partial charge in [0.1, 0.15) is 11.8 Å². The predicted octanol–water partition coefficient (Wildman–Crippen LogP) is 1.91. The number of nitrogens with one attached hydrogen (secondary N) is 1. The lowest BCUT2D eigenvalue weighted by molar-refractivity contribution is 0.0936. The van der Waals surface area contributed by atoms with Crippen LogP contribution in [0.4, 0.5) is 0 Å². The average molecular weight is 258 g/mol. The lowest BCUT2D eigenvalue weighted by Gasteiger charge is -2.17. The first-order chi connectivity index (χ1) is 9.34. The Morgan fingerprint density at radius 1 is 1.26 bits per heavy atom. The summed E-state index contributed by atoms with van der Waals surface area (Å²) in [6.07, 6.45) is 2.68. The molecule has 4 heteroatoms. The summed E-state index contributed by atoms with van der Waals surface area (Å²) >= 11 is 0. The summed E-state index contributed by atoms with van der Waals surface area (Å²) in [5, 5.41) is 4.26. The van der Waals surface area contributed by atoms with Crippen molar-refractivity contribution in [1.82, 2.24) is 10.2 Å². The summed E-state index contributed by atoms with van der Waals surface area (Å²) in [7, 11) is 0. The van der Waals surface area contributed by atoms with E-state index in [4.69, 9.17) is 4.42 Å². The van der Waals surface area contributed by atoms with E-state index >= 15 is 0 Å². The Hall–Kier alpha value is -1.65. The molecule has 0 atom stereocenters. The van der Waals surface area contributed by atoms with Crippen molar-refractivity contribution >= 4 is 16.8 Å². The normalized spacial score (nSPS) is 17.5. The summed E-state index contributed by atoms with van der Waals surface area (Å²) in [6, 6.07) is 7.68. The highest BCUT2D eigenvalue weighted by Crippen LogP contribution is 2.21. The number of fused-ring (bicyclic) bond motifs is 1. The number of rotatable bonds is 3. The van der Waals surface area contributed by atoms with Crippen molar-refractivity contribution in [2.24, 2.45) is 0 Å². The fourth-order valence-corrected chi connectivity index (χ4v) is 2.54. The highest BCUT2D eigenvalue weighted by Gasteiger charge is 2.17. The Morgan fingerprint density at radius 2 is 2.16 bits per heavy atom. The van der Waals surface area contributed by atoms with Crippen LogP contribution >= 0.6 is 0 Å². The molecule has 1 fully saturated rings. The zero-order valence-corrected chi connectivity index (χ0v) is 10.9. The molecule has 0 amide bonds. The van der Waals surface area contributed by atoms with E-state index in [0.29, 0.717) is 12.1 Å². The van der Waals surface area contributed by atoms with E-state index in [1.807, 2.05) is 24.3 Å². The largest absolute Gasteiger partial charge is 0.464 e. The van der Waals surface area contributed by atoms with Gasteiger partial charge in [-0.15, -0.1) is 0 Å². The number of carbonyl (C=O) groups is 1. The molecule has 4 nitrogen and oxygen atoms in total. The van der Waals surface area contributed by atoms with Crippen molar-refractivity contribution in [2.75, 3.05) is 32.7 Å². The van der Waals surface area contributed by atoms with Gasteiger partial charge in [0.05, 0.1) is 12.1 Å². The van der Waals surface area contributed by atoms with Crippen LogP contribution in [0.5, 0.6) is 0 Å². The molecule has 3 rings (SSSR count). The molecule has 1 aromatic carbocycles. The number of benzene rings is 1. The number of hydrogen-bond donors (Lipinski definition) is 1. The molecule has 1 aromatic heterocycles. The first-order valence-corrected chi connectivity index (χ1v) is 6.77. The highest BCUT2D eigenvalue weighted by molar-refractivity contribution is 6.08. The number of Topliss-reactive ketones (excluding diaryl/α,β-unsaturated/α-hetero) is 1. The Morgan fingerprint density at radius 3 is 3.11 bits per heavy atom. The Kier molecular flexibility index (Phi) is 3.62. The summed E-state index contributed by atoms with van der Waals surface area (Å²) in [6.45, 7) is 4.39. The van der Waals surface area contributed by atoms with Crippen LogP contribution in [0.2, 0.25) is 0 Å². The van der Waals surface area contributed by atoms with Gasteiger partial charge in [-0.25, -0.2) is 0 Å². The van der Waals surface area contributed by atoms with Gasteiger partial charge in [0.15, 0.2) is 5.78 Å². The standard InChI is InChI=1S/C15H18N2O2/c18-14(10-17-8-3-6-16-7-9-17)13-11-19-15-5-2-1-4-12(13)15/h1-2,4-5,11,16H,3,6-10H2. The van der Waals surface area contributed by atoms with Crippen molar-refractivity contribution < 1.29 is 9.21 Å². The topological polar surface area (TPSA) is 45.5 Å². The average Bonchev–Trinajstić information content (AvgIpc) is 2.70. The molecule has 1 N–H and O–H groups in total. The Balaban J connectivity index is 1.76. The van der Waals surface area contributed by atoms with Crippen LogP contribution in [0.3, 0.4) is 0 Å². The van der Waals surface area contributed by atoms with Gasteiger partial charge in [-0.2, -0.15) is 0 Å². The van der Waals surface area contributed by atoms with Crippen LogP contribution in [0.1, 0.15) is 16.8 Å². The minimum absolute atomic E-state index is 0.145. The Bertz CT molecular complexity index is 568. The van der Waals surface area contributed by atoms with Crippen molar-refractivity contribution in [3.8, 4) is 0 Å². The van der Waals surface area contributed by atoms with Crippen molar-refractivity contribution in [2.45, 2.75) is 6.42 Å². The molecule has 2 heterocycles. The van der Waals surface area contributed by atoms with E-state index in [0.717, 1.165) is 43.6 Å². The second-order valence-electron chi connectivity index (χ2n) is 4.95. The van der Waals surface area contributed by atoms with Gasteiger partial charge in [0, 0.05) is 18.5 Å². The molecule has 2 aromatic rings. The molecular formula is C15H18N2O2. The second-order valence-corrected chi connectivity index (χ2v) is 4.95. The second kappa shape index (κ2) is 5.55. The third-order valence-corrected chi connectivity index (χ3v) is 3.58. The lowest BCUT2D eigenvalue weighted by atomic mass is 10.1. The number of nitrogens with zero attached hydrogens (tertiary/aromatic N) is 1. The number of carbonyl (C=O) groups excluding carboxylic acids is 1. The van der Waals surface area contributed by atoms with Gasteiger partial charge in [0.25, 0.3) is 0 Å². The monoisotopic (exact) mass is 258 g/mol. The minimum atomic E-state index is 0.145. The zero-order chi connectivity index (χ0) is 13.1. The Labute approximate surface area is 112 Å². The summed E-state index contributed by atoms with van der Waals surface area (Å²) < 4.78 is 5.43. The molecule has 0 spiro atoms. The first-order valence-electron chi connectivity index (χ1n) is 6.77. The molecule has 100 valence electrons. The summed E-state index contributed by atoms with van der Waals surface area (Å²) in [5.41, 5.74) is 1.48. The number of furan rings is 1. The number of para-hydroxylation sites is 1. The van der Waals surface area contributed by atoms with Gasteiger partial charge >= 0.3 is 0 Å². The zero-order valence-electron chi connectivity index (χ0n) is 10.9. The first kappa shape index (κ1) is 12.4. The predicted molar refractivity (Wildman–Crippen MR) is 74.5 cm³/mol. The quantitative estimate of drug-likeness (QED) is 0.854. The molecule has 0 saturated carbocycles. The molecule has 0 unspecified atom stereocenters. The molecule has 19 heavy (non-hydrogen) atoms. The summed E-state index contributed by atoms with van der Waals surface area (Å²) in [5.74, 6) is 0.145. The maximum atomic E-state index is 12.4. The van der Waals surface area contributed by atoms with E-state index in [1.54, 1.807) is 6.26 Å². The molecule has 1 saturated heterocycles. The lowest BCUT2D eigenvalue weighted by Crippen LogP contribution is -2.33. The fraction of sp³-hybridized carbons (Fsp3) is 0.400. The van der Waals surface area contributed by atoms with Gasteiger partial charge in [-0.3, -0.25) is 9.69 Å². The van der Waals surface area contributed by atoms with Crippen LogP contribution in [0.15, 0.2) is 34.9 Å². The molecule has 1 aliphatic heterocycles. The third-order valence-electron chi connectivity index (χ3n) is 3.58.